The van der Waals surface area contributed by atoms with Gasteiger partial charge in [0.15, 0.2) is 11.4 Å². The van der Waals surface area contributed by atoms with Crippen molar-refractivity contribution in [3.05, 3.63) is 42.2 Å². The fourth-order valence-electron chi connectivity index (χ4n) is 2.00. The Morgan fingerprint density at radius 2 is 2.14 bits per heavy atom. The first-order chi connectivity index (χ1) is 10.7. The first kappa shape index (κ1) is 14.0. The minimum atomic E-state index is -0.104. The highest BCUT2D eigenvalue weighted by molar-refractivity contribution is 5.96. The number of oxazole rings is 1. The average Bonchev–Trinajstić information content (AvgIpc) is 2.87. The van der Waals surface area contributed by atoms with Crippen molar-refractivity contribution in [3.8, 4) is 11.5 Å². The highest BCUT2D eigenvalue weighted by Crippen LogP contribution is 2.26. The molecule has 0 aliphatic carbocycles. The van der Waals surface area contributed by atoms with Gasteiger partial charge in [-0.15, -0.1) is 0 Å². The second kappa shape index (κ2) is 5.82. The van der Waals surface area contributed by atoms with E-state index in [4.69, 9.17) is 14.9 Å². The third-order valence-corrected chi connectivity index (χ3v) is 2.97. The lowest BCUT2D eigenvalue weighted by molar-refractivity contribution is 0.0988. The average molecular weight is 298 g/mol. The Bertz CT molecular complexity index is 829. The highest BCUT2D eigenvalue weighted by atomic mass is 16.5. The summed E-state index contributed by atoms with van der Waals surface area (Å²) in [7, 11) is 1.71. The van der Waals surface area contributed by atoms with Gasteiger partial charge in [-0.1, -0.05) is 0 Å². The third kappa shape index (κ3) is 2.89. The zero-order valence-corrected chi connectivity index (χ0v) is 11.9. The Morgan fingerprint density at radius 3 is 2.95 bits per heavy atom. The van der Waals surface area contributed by atoms with Crippen LogP contribution in [0.3, 0.4) is 0 Å². The van der Waals surface area contributed by atoms with Crippen LogP contribution >= 0.6 is 0 Å². The summed E-state index contributed by atoms with van der Waals surface area (Å²) in [6, 6.07) is 8.56. The molecule has 3 N–H and O–H groups in total. The van der Waals surface area contributed by atoms with Crippen LogP contribution in [0.2, 0.25) is 0 Å². The number of hydrogen-bond acceptors (Lipinski definition) is 7. The lowest BCUT2D eigenvalue weighted by atomic mass is 10.2. The molecule has 0 saturated carbocycles. The van der Waals surface area contributed by atoms with Crippen LogP contribution in [0.4, 0.5) is 6.01 Å². The fraction of sp³-hybridized carbons (Fsp3) is 0.133. The Hall–Kier alpha value is -2.93. The van der Waals surface area contributed by atoms with E-state index < -0.39 is 0 Å². The summed E-state index contributed by atoms with van der Waals surface area (Å²) in [4.78, 5) is 19.9. The number of nitrogens with zero attached hydrogens (tertiary/aromatic N) is 2. The molecule has 3 rings (SSSR count). The first-order valence-corrected chi connectivity index (χ1v) is 6.63. The minimum Gasteiger partial charge on any atom is -0.457 e. The fourth-order valence-corrected chi connectivity index (χ4v) is 2.00. The maximum absolute atomic E-state index is 11.8. The number of likely N-dealkylation sites (N-methyl/N-ethyl adjacent to an activating group) is 1. The standard InChI is InChI=1S/C15H14N4O3/c1-17-8-13(20)11-6-10(4-5-18-11)21-9-2-3-14-12(7-9)19-15(16)22-14/h2-7,17H,8H2,1H3,(H2,16,19). The zero-order valence-electron chi connectivity index (χ0n) is 11.9. The summed E-state index contributed by atoms with van der Waals surface area (Å²) in [5.41, 5.74) is 7.04. The van der Waals surface area contributed by atoms with Crippen molar-refractivity contribution < 1.29 is 13.9 Å². The Kier molecular flexibility index (Phi) is 3.71. The van der Waals surface area contributed by atoms with Gasteiger partial charge in [0, 0.05) is 18.3 Å². The molecule has 0 aliphatic heterocycles. The summed E-state index contributed by atoms with van der Waals surface area (Å²) >= 11 is 0. The minimum absolute atomic E-state index is 0.104. The monoisotopic (exact) mass is 298 g/mol. The SMILES string of the molecule is CNCC(=O)c1cc(Oc2ccc3oc(N)nc3c2)ccn1. The number of Topliss-reactive ketones (excluding diaryl/α,β-unsaturated/α-hetero) is 1. The second-order valence-corrected chi connectivity index (χ2v) is 4.61. The van der Waals surface area contributed by atoms with Crippen LogP contribution in [-0.4, -0.2) is 29.3 Å². The van der Waals surface area contributed by atoms with Crippen LogP contribution in [0, 0.1) is 0 Å². The van der Waals surface area contributed by atoms with E-state index in [9.17, 15) is 4.79 Å². The number of anilines is 1. The normalized spacial score (nSPS) is 10.8. The number of fused-ring (bicyclic) bond motifs is 1. The number of rotatable bonds is 5. The molecule has 0 aliphatic rings. The molecule has 0 radical (unpaired) electrons. The third-order valence-electron chi connectivity index (χ3n) is 2.97. The van der Waals surface area contributed by atoms with Crippen molar-refractivity contribution in [3.63, 3.8) is 0 Å². The maximum atomic E-state index is 11.8. The quantitative estimate of drug-likeness (QED) is 0.694. The van der Waals surface area contributed by atoms with Crippen LogP contribution < -0.4 is 15.8 Å². The molecule has 22 heavy (non-hydrogen) atoms. The van der Waals surface area contributed by atoms with Crippen molar-refractivity contribution in [2.75, 3.05) is 19.3 Å². The van der Waals surface area contributed by atoms with Crippen LogP contribution in [0.1, 0.15) is 10.5 Å². The molecule has 2 aromatic heterocycles. The molecule has 0 atom stereocenters. The largest absolute Gasteiger partial charge is 0.457 e. The van der Waals surface area contributed by atoms with Crippen molar-refractivity contribution in [1.29, 1.82) is 0 Å². The van der Waals surface area contributed by atoms with E-state index in [1.165, 1.54) is 6.20 Å². The lowest BCUT2D eigenvalue weighted by Gasteiger charge is -2.06. The molecule has 7 heteroatoms. The van der Waals surface area contributed by atoms with E-state index in [1.807, 2.05) is 0 Å². The van der Waals surface area contributed by atoms with E-state index in [-0.39, 0.29) is 18.3 Å². The Balaban J connectivity index is 1.84. The number of ketones is 1. The van der Waals surface area contributed by atoms with Gasteiger partial charge in [-0.05, 0) is 25.2 Å². The van der Waals surface area contributed by atoms with Crippen molar-refractivity contribution in [2.24, 2.45) is 0 Å². The summed E-state index contributed by atoms with van der Waals surface area (Å²) in [5.74, 6) is 0.983. The van der Waals surface area contributed by atoms with Gasteiger partial charge in [-0.3, -0.25) is 9.78 Å². The van der Waals surface area contributed by atoms with E-state index in [0.29, 0.717) is 28.3 Å². The number of hydrogen-bond donors (Lipinski definition) is 2. The van der Waals surface area contributed by atoms with Gasteiger partial charge in [0.1, 0.15) is 22.7 Å². The number of pyridine rings is 1. The summed E-state index contributed by atoms with van der Waals surface area (Å²) in [6.45, 7) is 0.223. The molecule has 0 amide bonds. The van der Waals surface area contributed by atoms with Gasteiger partial charge in [-0.25, -0.2) is 0 Å². The summed E-state index contributed by atoms with van der Waals surface area (Å²) in [5, 5.41) is 2.80. The number of nitrogens with one attached hydrogen (secondary N) is 1. The Morgan fingerprint density at radius 1 is 1.32 bits per heavy atom. The van der Waals surface area contributed by atoms with Gasteiger partial charge >= 0.3 is 0 Å². The molecule has 112 valence electrons. The first-order valence-electron chi connectivity index (χ1n) is 6.63. The number of carbonyl (C=O) groups is 1. The molecular formula is C15H14N4O3. The van der Waals surface area contributed by atoms with Gasteiger partial charge in [-0.2, -0.15) is 4.98 Å². The van der Waals surface area contributed by atoms with Crippen molar-refractivity contribution in [2.45, 2.75) is 0 Å². The van der Waals surface area contributed by atoms with E-state index in [2.05, 4.69) is 15.3 Å². The van der Waals surface area contributed by atoms with Gasteiger partial charge in [0.25, 0.3) is 6.01 Å². The molecule has 0 unspecified atom stereocenters. The van der Waals surface area contributed by atoms with E-state index in [1.54, 1.807) is 37.4 Å². The number of benzene rings is 1. The molecule has 0 saturated heterocycles. The Labute approximate surface area is 126 Å². The number of ether oxygens (including phenoxy) is 1. The second-order valence-electron chi connectivity index (χ2n) is 4.61. The molecule has 7 nitrogen and oxygen atoms in total. The number of nitrogen functional groups attached to an aromatic ring is 1. The van der Waals surface area contributed by atoms with Crippen molar-refractivity contribution in [1.82, 2.24) is 15.3 Å². The van der Waals surface area contributed by atoms with Gasteiger partial charge < -0.3 is 20.2 Å². The van der Waals surface area contributed by atoms with Gasteiger partial charge in [0.05, 0.1) is 6.54 Å². The predicted molar refractivity (Wildman–Crippen MR) is 81.0 cm³/mol. The lowest BCUT2D eigenvalue weighted by Crippen LogP contribution is -2.19. The predicted octanol–water partition coefficient (Wildman–Crippen LogP) is 2.00. The highest BCUT2D eigenvalue weighted by Gasteiger charge is 2.09. The number of aromatic nitrogens is 2. The molecule has 0 fully saturated rings. The van der Waals surface area contributed by atoms with Crippen molar-refractivity contribution >= 4 is 22.9 Å². The smallest absolute Gasteiger partial charge is 0.292 e. The van der Waals surface area contributed by atoms with E-state index >= 15 is 0 Å². The van der Waals surface area contributed by atoms with Gasteiger partial charge in [0.2, 0.25) is 0 Å². The number of nitrogens with two attached hydrogens (primary N) is 1. The van der Waals surface area contributed by atoms with Crippen LogP contribution in [0.15, 0.2) is 40.9 Å². The summed E-state index contributed by atoms with van der Waals surface area (Å²) in [6.07, 6.45) is 1.53. The maximum Gasteiger partial charge on any atom is 0.292 e. The molecule has 1 aromatic carbocycles. The molecular weight excluding hydrogens is 284 g/mol. The number of carbonyl (C=O) groups excluding carboxylic acids is 1. The molecule has 2 heterocycles. The van der Waals surface area contributed by atoms with E-state index in [0.717, 1.165) is 0 Å². The molecule has 0 spiro atoms. The zero-order chi connectivity index (χ0) is 15.5. The van der Waals surface area contributed by atoms with Crippen LogP contribution in [0.25, 0.3) is 11.1 Å². The topological polar surface area (TPSA) is 103 Å². The summed E-state index contributed by atoms with van der Waals surface area (Å²) < 4.78 is 10.9. The molecule has 3 aromatic rings. The molecule has 0 bridgehead atoms. The van der Waals surface area contributed by atoms with Crippen LogP contribution in [0.5, 0.6) is 11.5 Å². The van der Waals surface area contributed by atoms with Crippen LogP contribution in [-0.2, 0) is 0 Å².